The molecule has 2 fully saturated rings. The zero-order valence-electron chi connectivity index (χ0n) is 17.5. The number of hydrogen-bond acceptors (Lipinski definition) is 6. The van der Waals surface area contributed by atoms with Gasteiger partial charge >= 0.3 is 0 Å². The highest BCUT2D eigenvalue weighted by atomic mass is 32.2. The fourth-order valence-corrected chi connectivity index (χ4v) is 4.86. The third-order valence-electron chi connectivity index (χ3n) is 5.89. The molecule has 0 N–H and O–H groups in total. The van der Waals surface area contributed by atoms with Crippen LogP contribution in [-0.2, 0) is 10.0 Å². The van der Waals surface area contributed by atoms with E-state index in [4.69, 9.17) is 4.74 Å². The molecule has 2 heterocycles. The smallest absolute Gasteiger partial charge is 0.211 e. The number of ketones is 1. The fraction of sp³-hybridized carbons (Fsp3) is 0.667. The van der Waals surface area contributed by atoms with Crippen molar-refractivity contribution >= 4 is 15.8 Å². The van der Waals surface area contributed by atoms with Crippen LogP contribution < -0.4 is 4.74 Å². The van der Waals surface area contributed by atoms with Crippen molar-refractivity contribution < 1.29 is 17.9 Å². The van der Waals surface area contributed by atoms with Crippen molar-refractivity contribution in [2.75, 3.05) is 58.7 Å². The lowest BCUT2D eigenvalue weighted by Crippen LogP contribution is -2.49. The van der Waals surface area contributed by atoms with Crippen molar-refractivity contribution in [2.45, 2.75) is 32.2 Å². The molecule has 1 aromatic rings. The van der Waals surface area contributed by atoms with E-state index in [1.165, 1.54) is 29.9 Å². The number of Topliss-reactive ketones (excluding diaryl/α,β-unsaturated/α-hetero) is 1. The highest BCUT2D eigenvalue weighted by Gasteiger charge is 2.24. The number of sulfonamides is 1. The van der Waals surface area contributed by atoms with Gasteiger partial charge in [0.2, 0.25) is 10.0 Å². The zero-order chi connectivity index (χ0) is 20.9. The minimum absolute atomic E-state index is 0.0485. The monoisotopic (exact) mass is 423 g/mol. The molecule has 0 saturated carbocycles. The molecule has 1 aromatic carbocycles. The van der Waals surface area contributed by atoms with Gasteiger partial charge in [-0.25, -0.2) is 8.42 Å². The van der Waals surface area contributed by atoms with E-state index < -0.39 is 10.0 Å². The Hall–Kier alpha value is -1.48. The Morgan fingerprint density at radius 3 is 2.38 bits per heavy atom. The summed E-state index contributed by atoms with van der Waals surface area (Å²) < 4.78 is 30.4. The second-order valence-electron chi connectivity index (χ2n) is 8.11. The second kappa shape index (κ2) is 10.0. The van der Waals surface area contributed by atoms with Crippen molar-refractivity contribution in [1.82, 2.24) is 14.1 Å². The first-order valence-electron chi connectivity index (χ1n) is 10.5. The van der Waals surface area contributed by atoms with E-state index in [1.807, 2.05) is 29.2 Å². The van der Waals surface area contributed by atoms with E-state index in [9.17, 15) is 13.2 Å². The summed E-state index contributed by atoms with van der Waals surface area (Å²) in [6.07, 6.45) is 4.82. The molecule has 29 heavy (non-hydrogen) atoms. The van der Waals surface area contributed by atoms with Crippen molar-refractivity contribution in [3.63, 3.8) is 0 Å². The summed E-state index contributed by atoms with van der Waals surface area (Å²) in [5.41, 5.74) is 0.661. The Kier molecular flexibility index (Phi) is 7.67. The normalized spacial score (nSPS) is 22.1. The van der Waals surface area contributed by atoms with Crippen LogP contribution in [0.2, 0.25) is 0 Å². The summed E-state index contributed by atoms with van der Waals surface area (Å²) in [6.45, 7) is 7.59. The van der Waals surface area contributed by atoms with Crippen LogP contribution >= 0.6 is 0 Å². The highest BCUT2D eigenvalue weighted by molar-refractivity contribution is 7.88. The highest BCUT2D eigenvalue weighted by Crippen LogP contribution is 2.17. The van der Waals surface area contributed by atoms with Crippen LogP contribution in [-0.4, -0.2) is 93.0 Å². The first-order chi connectivity index (χ1) is 13.8. The molecule has 2 saturated heterocycles. The quantitative estimate of drug-likeness (QED) is 0.445. The van der Waals surface area contributed by atoms with E-state index in [1.54, 1.807) is 0 Å². The maximum absolute atomic E-state index is 12.5. The van der Waals surface area contributed by atoms with E-state index in [0.29, 0.717) is 50.9 Å². The number of rotatable bonds is 9. The number of carbonyl (C=O) groups is 1. The Balaban J connectivity index is 1.38. The fourth-order valence-electron chi connectivity index (χ4n) is 4.03. The lowest BCUT2D eigenvalue weighted by Gasteiger charge is -2.32. The predicted octanol–water partition coefficient (Wildman–Crippen LogP) is 1.70. The average Bonchev–Trinajstić information content (AvgIpc) is 3.10. The van der Waals surface area contributed by atoms with Crippen LogP contribution in [0.15, 0.2) is 24.3 Å². The third-order valence-corrected chi connectivity index (χ3v) is 7.20. The van der Waals surface area contributed by atoms with Gasteiger partial charge in [-0.2, -0.15) is 4.31 Å². The Morgan fingerprint density at radius 1 is 1.10 bits per heavy atom. The Labute approximate surface area is 174 Å². The summed E-state index contributed by atoms with van der Waals surface area (Å²) >= 11 is 0. The Morgan fingerprint density at radius 2 is 1.79 bits per heavy atom. The van der Waals surface area contributed by atoms with Crippen molar-refractivity contribution in [1.29, 1.82) is 0 Å². The number of ether oxygens (including phenoxy) is 1. The average molecular weight is 424 g/mol. The summed E-state index contributed by atoms with van der Waals surface area (Å²) in [4.78, 5) is 17.0. The standard InChI is InChI=1S/C21H33N3O4S/c1-18-5-3-10-23(18)11-4-16-28-20-8-6-19(7-9-20)21(25)17-22-12-14-24(15-13-22)29(2,26)27/h6-9,18H,3-5,10-17H2,1-2H3. The minimum atomic E-state index is -3.15. The van der Waals surface area contributed by atoms with Gasteiger partial charge in [-0.1, -0.05) is 0 Å². The summed E-state index contributed by atoms with van der Waals surface area (Å²) in [7, 11) is -3.15. The SMILES string of the molecule is CC1CCCN1CCCOc1ccc(C(=O)CN2CCN(S(C)(=O)=O)CC2)cc1. The maximum Gasteiger partial charge on any atom is 0.211 e. The number of likely N-dealkylation sites (tertiary alicyclic amines) is 1. The van der Waals surface area contributed by atoms with Gasteiger partial charge in [0.25, 0.3) is 0 Å². The Bertz CT molecular complexity index is 774. The minimum Gasteiger partial charge on any atom is -0.494 e. The lowest BCUT2D eigenvalue weighted by atomic mass is 10.1. The van der Waals surface area contributed by atoms with Crippen LogP contribution in [0.5, 0.6) is 5.75 Å². The van der Waals surface area contributed by atoms with E-state index in [2.05, 4.69) is 11.8 Å². The van der Waals surface area contributed by atoms with Gasteiger partial charge in [0.15, 0.2) is 5.78 Å². The molecular formula is C21H33N3O4S. The molecule has 7 nitrogen and oxygen atoms in total. The summed E-state index contributed by atoms with van der Waals surface area (Å²) in [6, 6.07) is 8.02. The van der Waals surface area contributed by atoms with Gasteiger partial charge in [0.1, 0.15) is 5.75 Å². The third kappa shape index (κ3) is 6.50. The van der Waals surface area contributed by atoms with Crippen LogP contribution in [0.3, 0.4) is 0 Å². The number of hydrogen-bond donors (Lipinski definition) is 0. The molecule has 1 unspecified atom stereocenters. The van der Waals surface area contributed by atoms with Gasteiger partial charge in [-0.15, -0.1) is 0 Å². The molecule has 3 rings (SSSR count). The molecular weight excluding hydrogens is 390 g/mol. The first-order valence-corrected chi connectivity index (χ1v) is 12.4. The van der Waals surface area contributed by atoms with Crippen molar-refractivity contribution in [2.24, 2.45) is 0 Å². The van der Waals surface area contributed by atoms with Crippen LogP contribution in [0, 0.1) is 0 Å². The number of carbonyl (C=O) groups excluding carboxylic acids is 1. The molecule has 1 atom stereocenters. The molecule has 0 aliphatic carbocycles. The van der Waals surface area contributed by atoms with Gasteiger partial charge in [0.05, 0.1) is 19.4 Å². The molecule has 0 bridgehead atoms. The summed E-state index contributed by atoms with van der Waals surface area (Å²) in [5, 5.41) is 0. The topological polar surface area (TPSA) is 70.2 Å². The first kappa shape index (κ1) is 22.2. The predicted molar refractivity (Wildman–Crippen MR) is 114 cm³/mol. The second-order valence-corrected chi connectivity index (χ2v) is 10.1. The zero-order valence-corrected chi connectivity index (χ0v) is 18.4. The van der Waals surface area contributed by atoms with Crippen molar-refractivity contribution in [3.05, 3.63) is 29.8 Å². The lowest BCUT2D eigenvalue weighted by molar-refractivity contribution is 0.0902. The van der Waals surface area contributed by atoms with E-state index >= 15 is 0 Å². The summed E-state index contributed by atoms with van der Waals surface area (Å²) in [5.74, 6) is 0.838. The molecule has 8 heteroatoms. The number of nitrogens with zero attached hydrogens (tertiary/aromatic N) is 3. The van der Waals surface area contributed by atoms with Crippen molar-refractivity contribution in [3.8, 4) is 5.75 Å². The van der Waals surface area contributed by atoms with E-state index in [-0.39, 0.29) is 5.78 Å². The molecule has 2 aliphatic heterocycles. The largest absolute Gasteiger partial charge is 0.494 e. The van der Waals surface area contributed by atoms with Gasteiger partial charge in [-0.3, -0.25) is 9.69 Å². The van der Waals surface area contributed by atoms with Gasteiger partial charge in [0, 0.05) is 44.3 Å². The molecule has 2 aliphatic rings. The van der Waals surface area contributed by atoms with Gasteiger partial charge < -0.3 is 9.64 Å². The molecule has 0 aromatic heterocycles. The molecule has 162 valence electrons. The molecule has 0 amide bonds. The number of benzene rings is 1. The molecule has 0 spiro atoms. The molecule has 0 radical (unpaired) electrons. The number of piperazine rings is 1. The van der Waals surface area contributed by atoms with Crippen LogP contribution in [0.25, 0.3) is 0 Å². The maximum atomic E-state index is 12.5. The van der Waals surface area contributed by atoms with Crippen LogP contribution in [0.4, 0.5) is 0 Å². The van der Waals surface area contributed by atoms with Crippen LogP contribution in [0.1, 0.15) is 36.5 Å². The van der Waals surface area contributed by atoms with E-state index in [0.717, 1.165) is 18.7 Å². The van der Waals surface area contributed by atoms with Gasteiger partial charge in [-0.05, 0) is 57.0 Å².